The highest BCUT2D eigenvalue weighted by Gasteiger charge is 2.23. The van der Waals surface area contributed by atoms with Crippen LogP contribution in [0.5, 0.6) is 11.5 Å². The van der Waals surface area contributed by atoms with E-state index in [0.717, 1.165) is 28.0 Å². The molecule has 0 aliphatic carbocycles. The molecule has 5 heteroatoms. The van der Waals surface area contributed by atoms with Crippen LogP contribution in [0.3, 0.4) is 0 Å². The van der Waals surface area contributed by atoms with Gasteiger partial charge in [-0.2, -0.15) is 0 Å². The SMILES string of the molecule is Cc1ccc2ccc([C@@H](Nc3ccccn3)c3ccccc3OCc3ccccc3)c(O)c2n1. The third-order valence-electron chi connectivity index (χ3n) is 5.74. The van der Waals surface area contributed by atoms with E-state index >= 15 is 0 Å². The minimum absolute atomic E-state index is 0.146. The van der Waals surface area contributed by atoms with Crippen molar-refractivity contribution >= 4 is 16.7 Å². The van der Waals surface area contributed by atoms with Crippen molar-refractivity contribution in [1.82, 2.24) is 9.97 Å². The average Bonchev–Trinajstić information content (AvgIpc) is 2.88. The second-order valence-electron chi connectivity index (χ2n) is 8.13. The second kappa shape index (κ2) is 9.63. The number of nitrogens with one attached hydrogen (secondary N) is 1. The summed E-state index contributed by atoms with van der Waals surface area (Å²) in [7, 11) is 0. The summed E-state index contributed by atoms with van der Waals surface area (Å²) in [5.74, 6) is 1.58. The number of aryl methyl sites for hydroxylation is 1. The lowest BCUT2D eigenvalue weighted by molar-refractivity contribution is 0.302. The number of benzene rings is 3. The average molecular weight is 448 g/mol. The zero-order valence-electron chi connectivity index (χ0n) is 18.8. The largest absolute Gasteiger partial charge is 0.505 e. The molecular weight excluding hydrogens is 422 g/mol. The van der Waals surface area contributed by atoms with Crippen LogP contribution in [-0.2, 0) is 6.61 Å². The van der Waals surface area contributed by atoms with Gasteiger partial charge >= 0.3 is 0 Å². The number of hydrogen-bond acceptors (Lipinski definition) is 5. The Kier molecular flexibility index (Phi) is 6.08. The molecule has 0 unspecified atom stereocenters. The van der Waals surface area contributed by atoms with Gasteiger partial charge in [0, 0.05) is 28.4 Å². The molecule has 0 bridgehead atoms. The van der Waals surface area contributed by atoms with E-state index in [4.69, 9.17) is 4.74 Å². The van der Waals surface area contributed by atoms with Crippen molar-refractivity contribution in [2.24, 2.45) is 0 Å². The molecule has 0 spiro atoms. The Morgan fingerprint density at radius 2 is 1.59 bits per heavy atom. The van der Waals surface area contributed by atoms with Gasteiger partial charge < -0.3 is 15.2 Å². The summed E-state index contributed by atoms with van der Waals surface area (Å²) in [5.41, 5.74) is 4.10. The van der Waals surface area contributed by atoms with E-state index in [0.29, 0.717) is 23.5 Å². The van der Waals surface area contributed by atoms with Crippen LogP contribution in [0.4, 0.5) is 5.82 Å². The first-order valence-electron chi connectivity index (χ1n) is 11.2. The van der Waals surface area contributed by atoms with Crippen molar-refractivity contribution in [3.63, 3.8) is 0 Å². The molecule has 1 atom stereocenters. The minimum Gasteiger partial charge on any atom is -0.505 e. The molecule has 5 aromatic rings. The molecule has 0 saturated carbocycles. The fourth-order valence-electron chi connectivity index (χ4n) is 4.02. The molecule has 2 heterocycles. The van der Waals surface area contributed by atoms with Crippen molar-refractivity contribution in [2.75, 3.05) is 5.32 Å². The smallest absolute Gasteiger partial charge is 0.147 e. The molecule has 5 nitrogen and oxygen atoms in total. The van der Waals surface area contributed by atoms with Gasteiger partial charge in [0.25, 0.3) is 0 Å². The van der Waals surface area contributed by atoms with Crippen LogP contribution < -0.4 is 10.1 Å². The van der Waals surface area contributed by atoms with Gasteiger partial charge in [0.1, 0.15) is 29.4 Å². The summed E-state index contributed by atoms with van der Waals surface area (Å²) in [5, 5.41) is 15.7. The van der Waals surface area contributed by atoms with E-state index < -0.39 is 6.04 Å². The van der Waals surface area contributed by atoms with Crippen molar-refractivity contribution in [1.29, 1.82) is 0 Å². The van der Waals surface area contributed by atoms with Gasteiger partial charge in [0.2, 0.25) is 0 Å². The fraction of sp³-hybridized carbons (Fsp3) is 0.103. The highest BCUT2D eigenvalue weighted by Crippen LogP contribution is 2.39. The van der Waals surface area contributed by atoms with Gasteiger partial charge in [0.05, 0.1) is 6.04 Å². The Hall–Kier alpha value is -4.38. The van der Waals surface area contributed by atoms with Crippen LogP contribution in [0.15, 0.2) is 103 Å². The van der Waals surface area contributed by atoms with Gasteiger partial charge in [0.15, 0.2) is 0 Å². The van der Waals surface area contributed by atoms with E-state index in [2.05, 4.69) is 15.3 Å². The molecular formula is C29H25N3O2. The number of nitrogens with zero attached hydrogens (tertiary/aromatic N) is 2. The van der Waals surface area contributed by atoms with Crippen LogP contribution in [0.25, 0.3) is 10.9 Å². The first-order valence-corrected chi connectivity index (χ1v) is 11.2. The monoisotopic (exact) mass is 447 g/mol. The number of anilines is 1. The molecule has 0 aliphatic heterocycles. The molecule has 3 aromatic carbocycles. The van der Waals surface area contributed by atoms with Crippen LogP contribution in [0.2, 0.25) is 0 Å². The first-order chi connectivity index (χ1) is 16.7. The normalized spacial score (nSPS) is 11.8. The lowest BCUT2D eigenvalue weighted by Gasteiger charge is -2.24. The minimum atomic E-state index is -0.409. The molecule has 0 fully saturated rings. The summed E-state index contributed by atoms with van der Waals surface area (Å²) in [4.78, 5) is 9.04. The van der Waals surface area contributed by atoms with Crippen LogP contribution in [-0.4, -0.2) is 15.1 Å². The Balaban J connectivity index is 1.59. The summed E-state index contributed by atoms with van der Waals surface area (Å²) >= 11 is 0. The number of rotatable bonds is 7. The number of fused-ring (bicyclic) bond motifs is 1. The zero-order valence-corrected chi connectivity index (χ0v) is 18.8. The maximum absolute atomic E-state index is 11.3. The van der Waals surface area contributed by atoms with Crippen molar-refractivity contribution < 1.29 is 9.84 Å². The number of aromatic hydroxyl groups is 1. The van der Waals surface area contributed by atoms with Crippen LogP contribution in [0.1, 0.15) is 28.4 Å². The molecule has 0 radical (unpaired) electrons. The molecule has 34 heavy (non-hydrogen) atoms. The lowest BCUT2D eigenvalue weighted by atomic mass is 9.95. The van der Waals surface area contributed by atoms with Crippen molar-refractivity contribution in [3.8, 4) is 11.5 Å². The summed E-state index contributed by atoms with van der Waals surface area (Å²) in [6.45, 7) is 2.36. The highest BCUT2D eigenvalue weighted by atomic mass is 16.5. The molecule has 2 aromatic heterocycles. The summed E-state index contributed by atoms with van der Waals surface area (Å²) in [6, 6.07) is 31.1. The molecule has 2 N–H and O–H groups in total. The van der Waals surface area contributed by atoms with E-state index in [1.807, 2.05) is 104 Å². The van der Waals surface area contributed by atoms with Gasteiger partial charge in [-0.15, -0.1) is 0 Å². The number of hydrogen-bond donors (Lipinski definition) is 2. The number of phenols is 1. The van der Waals surface area contributed by atoms with E-state index in [1.165, 1.54) is 0 Å². The third-order valence-corrected chi connectivity index (χ3v) is 5.74. The molecule has 0 aliphatic rings. The van der Waals surface area contributed by atoms with E-state index in [-0.39, 0.29) is 5.75 Å². The quantitative estimate of drug-likeness (QED) is 0.301. The van der Waals surface area contributed by atoms with Crippen molar-refractivity contribution in [3.05, 3.63) is 126 Å². The molecule has 0 amide bonds. The van der Waals surface area contributed by atoms with E-state index in [1.54, 1.807) is 6.20 Å². The first kappa shape index (κ1) is 21.5. The number of aromatic nitrogens is 2. The number of ether oxygens (including phenoxy) is 1. The van der Waals surface area contributed by atoms with Crippen LogP contribution in [0, 0.1) is 6.92 Å². The van der Waals surface area contributed by atoms with Gasteiger partial charge in [-0.3, -0.25) is 0 Å². The van der Waals surface area contributed by atoms with Gasteiger partial charge in [-0.1, -0.05) is 72.8 Å². The third kappa shape index (κ3) is 4.55. The number of pyridine rings is 2. The molecule has 5 rings (SSSR count). The maximum atomic E-state index is 11.3. The van der Waals surface area contributed by atoms with Crippen LogP contribution >= 0.6 is 0 Å². The number of para-hydroxylation sites is 1. The Morgan fingerprint density at radius 3 is 2.41 bits per heavy atom. The standard InChI is InChI=1S/C29H25N3O2/c1-20-14-15-22-16-17-24(29(33)27(22)31-20)28(32-26-13-7-8-18-30-26)23-11-5-6-12-25(23)34-19-21-9-3-2-4-10-21/h2-18,28,33H,19H2,1H3,(H,30,32)/t28-/m0/s1. The van der Waals surface area contributed by atoms with E-state index in [9.17, 15) is 5.11 Å². The fourth-order valence-corrected chi connectivity index (χ4v) is 4.02. The second-order valence-corrected chi connectivity index (χ2v) is 8.13. The van der Waals surface area contributed by atoms with Gasteiger partial charge in [-0.05, 0) is 36.8 Å². The highest BCUT2D eigenvalue weighted by molar-refractivity contribution is 5.86. The predicted molar refractivity (Wildman–Crippen MR) is 135 cm³/mol. The molecule has 0 saturated heterocycles. The summed E-state index contributed by atoms with van der Waals surface area (Å²) in [6.07, 6.45) is 1.74. The Labute approximate surface area is 198 Å². The Morgan fingerprint density at radius 1 is 0.824 bits per heavy atom. The topological polar surface area (TPSA) is 67.3 Å². The lowest BCUT2D eigenvalue weighted by Crippen LogP contribution is -2.15. The zero-order chi connectivity index (χ0) is 23.3. The summed E-state index contributed by atoms with van der Waals surface area (Å²) < 4.78 is 6.25. The van der Waals surface area contributed by atoms with Crippen molar-refractivity contribution in [2.45, 2.75) is 19.6 Å². The van der Waals surface area contributed by atoms with Gasteiger partial charge in [-0.25, -0.2) is 9.97 Å². The maximum Gasteiger partial charge on any atom is 0.147 e. The number of phenolic OH excluding ortho intramolecular Hbond substituents is 1. The Bertz CT molecular complexity index is 1410. The molecule has 168 valence electrons. The predicted octanol–water partition coefficient (Wildman–Crippen LogP) is 6.42.